The highest BCUT2D eigenvalue weighted by Gasteiger charge is 2.18. The maximum Gasteiger partial charge on any atom is 0.241 e. The van der Waals surface area contributed by atoms with E-state index in [1.54, 1.807) is 24.1 Å². The van der Waals surface area contributed by atoms with Crippen LogP contribution in [-0.4, -0.2) is 33.4 Å². The van der Waals surface area contributed by atoms with Crippen LogP contribution in [0, 0.1) is 0 Å². The van der Waals surface area contributed by atoms with E-state index in [2.05, 4.69) is 10.4 Å². The van der Waals surface area contributed by atoms with Crippen LogP contribution in [0.25, 0.3) is 0 Å². The molecule has 0 aromatic carbocycles. The minimum absolute atomic E-state index is 0.0115. The number of rotatable bonds is 6. The highest BCUT2D eigenvalue weighted by Crippen LogP contribution is 2.09. The number of aliphatic hydroxyl groups is 1. The van der Waals surface area contributed by atoms with E-state index in [0.717, 1.165) is 6.42 Å². The number of nitrogens with zero attached hydrogens (tertiary/aromatic N) is 2. The van der Waals surface area contributed by atoms with E-state index in [-0.39, 0.29) is 18.6 Å². The van der Waals surface area contributed by atoms with Gasteiger partial charge in [0.2, 0.25) is 5.91 Å². The lowest BCUT2D eigenvalue weighted by Crippen LogP contribution is -2.39. The molecule has 0 spiro atoms. The lowest BCUT2D eigenvalue weighted by atomic mass is 10.1. The van der Waals surface area contributed by atoms with Crippen LogP contribution in [0.3, 0.4) is 0 Å². The number of aliphatic hydroxyl groups excluding tert-OH is 1. The van der Waals surface area contributed by atoms with E-state index < -0.39 is 6.04 Å². The molecule has 96 valence electrons. The van der Waals surface area contributed by atoms with Crippen molar-refractivity contribution in [1.82, 2.24) is 15.1 Å². The molecule has 0 saturated carbocycles. The molecular weight excluding hydrogens is 220 g/mol. The summed E-state index contributed by atoms with van der Waals surface area (Å²) in [6.45, 7) is 2.03. The van der Waals surface area contributed by atoms with Crippen LogP contribution in [0.15, 0.2) is 12.4 Å². The first-order valence-corrected chi connectivity index (χ1v) is 5.70. The molecule has 0 saturated heterocycles. The lowest BCUT2D eigenvalue weighted by Gasteiger charge is -2.16. The second-order valence-electron chi connectivity index (χ2n) is 4.20. The van der Waals surface area contributed by atoms with E-state index in [1.165, 1.54) is 0 Å². The molecule has 2 unspecified atom stereocenters. The third-order valence-corrected chi connectivity index (χ3v) is 2.55. The second kappa shape index (κ2) is 6.36. The Labute approximate surface area is 101 Å². The van der Waals surface area contributed by atoms with Gasteiger partial charge in [-0.3, -0.25) is 9.48 Å². The van der Waals surface area contributed by atoms with Crippen LogP contribution in [0.5, 0.6) is 0 Å². The van der Waals surface area contributed by atoms with E-state index >= 15 is 0 Å². The van der Waals surface area contributed by atoms with Crippen molar-refractivity contribution in [3.05, 3.63) is 18.0 Å². The third kappa shape index (κ3) is 4.16. The predicted octanol–water partition coefficient (Wildman–Crippen LogP) is -0.303. The van der Waals surface area contributed by atoms with Crippen molar-refractivity contribution in [2.75, 3.05) is 6.61 Å². The molecule has 6 nitrogen and oxygen atoms in total. The van der Waals surface area contributed by atoms with Gasteiger partial charge < -0.3 is 16.2 Å². The predicted molar refractivity (Wildman–Crippen MR) is 64.1 cm³/mol. The van der Waals surface area contributed by atoms with Gasteiger partial charge in [-0.05, 0) is 19.8 Å². The maximum absolute atomic E-state index is 11.8. The number of carbonyl (C=O) groups is 1. The van der Waals surface area contributed by atoms with Crippen LogP contribution >= 0.6 is 0 Å². The summed E-state index contributed by atoms with van der Waals surface area (Å²) in [5.74, 6) is -0.219. The fraction of sp³-hybridized carbons (Fsp3) is 0.636. The minimum Gasteiger partial charge on any atom is -0.396 e. The SMILES string of the molecule is CC(CCCO)NC(=O)C(N)c1cnn(C)c1. The Hall–Kier alpha value is -1.40. The number of nitrogens with two attached hydrogens (primary N) is 1. The summed E-state index contributed by atoms with van der Waals surface area (Å²) in [5.41, 5.74) is 6.51. The Morgan fingerprint density at radius 3 is 2.94 bits per heavy atom. The molecule has 1 amide bonds. The standard InChI is InChI=1S/C11H20N4O2/c1-8(4-3-5-16)14-11(17)10(12)9-6-13-15(2)7-9/h6-8,10,16H,3-5,12H2,1-2H3,(H,14,17). The first-order valence-electron chi connectivity index (χ1n) is 5.70. The molecule has 6 heteroatoms. The van der Waals surface area contributed by atoms with Gasteiger partial charge in [0, 0.05) is 31.5 Å². The summed E-state index contributed by atoms with van der Waals surface area (Å²) in [7, 11) is 1.78. The molecule has 0 aliphatic heterocycles. The van der Waals surface area contributed by atoms with Gasteiger partial charge in [0.1, 0.15) is 6.04 Å². The Balaban J connectivity index is 2.47. The van der Waals surface area contributed by atoms with Gasteiger partial charge in [0.25, 0.3) is 0 Å². The number of hydrogen-bond acceptors (Lipinski definition) is 4. The van der Waals surface area contributed by atoms with Gasteiger partial charge in [0.05, 0.1) is 6.20 Å². The third-order valence-electron chi connectivity index (χ3n) is 2.55. The zero-order chi connectivity index (χ0) is 12.8. The fourth-order valence-corrected chi connectivity index (χ4v) is 1.55. The van der Waals surface area contributed by atoms with Gasteiger partial charge in [-0.1, -0.05) is 0 Å². The molecular formula is C11H20N4O2. The van der Waals surface area contributed by atoms with Crippen LogP contribution in [0.4, 0.5) is 0 Å². The van der Waals surface area contributed by atoms with Gasteiger partial charge in [-0.2, -0.15) is 5.10 Å². The number of aryl methyl sites for hydroxylation is 1. The van der Waals surface area contributed by atoms with Crippen molar-refractivity contribution in [1.29, 1.82) is 0 Å². The molecule has 1 rings (SSSR count). The fourth-order valence-electron chi connectivity index (χ4n) is 1.55. The Kier molecular flexibility index (Phi) is 5.11. The Morgan fingerprint density at radius 2 is 2.41 bits per heavy atom. The molecule has 17 heavy (non-hydrogen) atoms. The molecule has 4 N–H and O–H groups in total. The summed E-state index contributed by atoms with van der Waals surface area (Å²) >= 11 is 0. The van der Waals surface area contributed by atoms with E-state index in [4.69, 9.17) is 10.8 Å². The molecule has 0 aliphatic rings. The molecule has 1 aromatic heterocycles. The quantitative estimate of drug-likeness (QED) is 0.636. The van der Waals surface area contributed by atoms with Crippen molar-refractivity contribution < 1.29 is 9.90 Å². The summed E-state index contributed by atoms with van der Waals surface area (Å²) in [6, 6.07) is -0.683. The van der Waals surface area contributed by atoms with Crippen LogP contribution < -0.4 is 11.1 Å². The number of aromatic nitrogens is 2. The smallest absolute Gasteiger partial charge is 0.241 e. The summed E-state index contributed by atoms with van der Waals surface area (Å²) in [6.07, 6.45) is 4.72. The van der Waals surface area contributed by atoms with Crippen LogP contribution in [0.2, 0.25) is 0 Å². The second-order valence-corrected chi connectivity index (χ2v) is 4.20. The molecule has 0 fully saturated rings. The first kappa shape index (κ1) is 13.7. The Morgan fingerprint density at radius 1 is 1.71 bits per heavy atom. The summed E-state index contributed by atoms with van der Waals surface area (Å²) < 4.78 is 1.61. The van der Waals surface area contributed by atoms with Crippen molar-refractivity contribution in [2.45, 2.75) is 31.8 Å². The first-order chi connectivity index (χ1) is 8.04. The van der Waals surface area contributed by atoms with Crippen molar-refractivity contribution in [2.24, 2.45) is 12.8 Å². The van der Waals surface area contributed by atoms with Crippen LogP contribution in [-0.2, 0) is 11.8 Å². The van der Waals surface area contributed by atoms with Crippen molar-refractivity contribution in [3.8, 4) is 0 Å². The molecule has 1 aromatic rings. The summed E-state index contributed by atoms with van der Waals surface area (Å²) in [4.78, 5) is 11.8. The van der Waals surface area contributed by atoms with Crippen molar-refractivity contribution in [3.63, 3.8) is 0 Å². The zero-order valence-corrected chi connectivity index (χ0v) is 10.3. The van der Waals surface area contributed by atoms with Gasteiger partial charge in [-0.25, -0.2) is 0 Å². The topological polar surface area (TPSA) is 93.2 Å². The summed E-state index contributed by atoms with van der Waals surface area (Å²) in [5, 5.41) is 15.5. The van der Waals surface area contributed by atoms with Crippen molar-refractivity contribution >= 4 is 5.91 Å². The van der Waals surface area contributed by atoms with E-state index in [1.807, 2.05) is 6.92 Å². The van der Waals surface area contributed by atoms with E-state index in [9.17, 15) is 4.79 Å². The molecule has 0 bridgehead atoms. The Bertz CT molecular complexity index is 364. The van der Waals surface area contributed by atoms with Crippen LogP contribution in [0.1, 0.15) is 31.4 Å². The van der Waals surface area contributed by atoms with Gasteiger partial charge in [-0.15, -0.1) is 0 Å². The number of carbonyl (C=O) groups excluding carboxylic acids is 1. The molecule has 0 aliphatic carbocycles. The monoisotopic (exact) mass is 240 g/mol. The highest BCUT2D eigenvalue weighted by molar-refractivity contribution is 5.82. The van der Waals surface area contributed by atoms with E-state index in [0.29, 0.717) is 12.0 Å². The lowest BCUT2D eigenvalue weighted by molar-refractivity contribution is -0.123. The molecule has 1 heterocycles. The number of hydrogen-bond donors (Lipinski definition) is 3. The molecule has 2 atom stereocenters. The number of amides is 1. The maximum atomic E-state index is 11.8. The van der Waals surface area contributed by atoms with Gasteiger partial charge in [0.15, 0.2) is 0 Å². The van der Waals surface area contributed by atoms with Gasteiger partial charge >= 0.3 is 0 Å². The average Bonchev–Trinajstić information content (AvgIpc) is 2.72. The molecule has 0 radical (unpaired) electrons. The number of nitrogens with one attached hydrogen (secondary N) is 1. The largest absolute Gasteiger partial charge is 0.396 e. The highest BCUT2D eigenvalue weighted by atomic mass is 16.3. The average molecular weight is 240 g/mol. The zero-order valence-electron chi connectivity index (χ0n) is 10.3. The normalized spacial score (nSPS) is 14.4. The minimum atomic E-state index is -0.694.